The molecule has 4 aromatic rings. The molecule has 1 amide bonds. The van der Waals surface area contributed by atoms with E-state index in [1.807, 2.05) is 26.0 Å². The Morgan fingerprint density at radius 3 is 2.38 bits per heavy atom. The lowest BCUT2D eigenvalue weighted by Gasteiger charge is -2.18. The Labute approximate surface area is 185 Å². The van der Waals surface area contributed by atoms with Crippen molar-refractivity contribution in [1.29, 1.82) is 0 Å². The summed E-state index contributed by atoms with van der Waals surface area (Å²) < 4.78 is 6.25. The normalized spacial score (nSPS) is 10.9. The highest BCUT2D eigenvalue weighted by Gasteiger charge is 2.27. The quantitative estimate of drug-likeness (QED) is 0.291. The molecule has 0 aliphatic carbocycles. The van der Waals surface area contributed by atoms with Gasteiger partial charge in [0.2, 0.25) is 0 Å². The molecule has 0 unspecified atom stereocenters. The SMILES string of the molecule is Cc1cc(C)c2nc(N(Cc3ccco3)C(=O)c3cc([N+](=O)[O-])cc([N+](=O)[O-])c3)sc2c1. The second kappa shape index (κ2) is 8.19. The summed E-state index contributed by atoms with van der Waals surface area (Å²) in [7, 11) is 0. The van der Waals surface area contributed by atoms with E-state index < -0.39 is 27.1 Å². The van der Waals surface area contributed by atoms with Crippen LogP contribution in [0.3, 0.4) is 0 Å². The third-order valence-corrected chi connectivity index (χ3v) is 5.79. The van der Waals surface area contributed by atoms with Crippen LogP contribution in [-0.4, -0.2) is 20.7 Å². The predicted octanol–water partition coefficient (Wildman–Crippen LogP) is 5.17. The first-order chi connectivity index (χ1) is 15.2. The fraction of sp³-hybridized carbons (Fsp3) is 0.143. The number of thiazole rings is 1. The van der Waals surface area contributed by atoms with E-state index in [1.54, 1.807) is 12.1 Å². The first-order valence-electron chi connectivity index (χ1n) is 9.39. The Balaban J connectivity index is 1.84. The fourth-order valence-electron chi connectivity index (χ4n) is 3.34. The van der Waals surface area contributed by atoms with E-state index in [1.165, 1.54) is 22.5 Å². The van der Waals surface area contributed by atoms with Crippen LogP contribution in [0.25, 0.3) is 10.2 Å². The van der Waals surface area contributed by atoms with Gasteiger partial charge in [-0.1, -0.05) is 17.4 Å². The maximum absolute atomic E-state index is 13.5. The second-order valence-electron chi connectivity index (χ2n) is 7.15. The number of furan rings is 1. The standard InChI is InChI=1S/C21H16N4O6S/c1-12-6-13(2)19-18(7-12)32-21(22-19)23(11-17-4-3-5-31-17)20(26)14-8-15(24(27)28)10-16(9-14)25(29)30/h3-10H,11H2,1-2H3. The Morgan fingerprint density at radius 1 is 1.09 bits per heavy atom. The highest BCUT2D eigenvalue weighted by Crippen LogP contribution is 2.34. The van der Waals surface area contributed by atoms with Crippen LogP contribution >= 0.6 is 11.3 Å². The van der Waals surface area contributed by atoms with Crippen LogP contribution in [0.4, 0.5) is 16.5 Å². The highest BCUT2D eigenvalue weighted by molar-refractivity contribution is 7.22. The maximum Gasteiger partial charge on any atom is 0.277 e. The molecule has 0 spiro atoms. The molecule has 0 N–H and O–H groups in total. The number of carbonyl (C=O) groups excluding carboxylic acids is 1. The average Bonchev–Trinajstić information content (AvgIpc) is 3.40. The number of fused-ring (bicyclic) bond motifs is 1. The smallest absolute Gasteiger partial charge is 0.277 e. The summed E-state index contributed by atoms with van der Waals surface area (Å²) in [5.74, 6) is -0.202. The van der Waals surface area contributed by atoms with Gasteiger partial charge in [0.15, 0.2) is 5.13 Å². The summed E-state index contributed by atoms with van der Waals surface area (Å²) in [4.78, 5) is 40.4. The van der Waals surface area contributed by atoms with Crippen molar-refractivity contribution < 1.29 is 19.1 Å². The highest BCUT2D eigenvalue weighted by atomic mass is 32.1. The Bertz CT molecular complexity index is 1330. The van der Waals surface area contributed by atoms with E-state index in [-0.39, 0.29) is 12.1 Å². The minimum Gasteiger partial charge on any atom is -0.467 e. The number of aryl methyl sites for hydroxylation is 2. The van der Waals surface area contributed by atoms with Gasteiger partial charge in [-0.3, -0.25) is 29.9 Å². The average molecular weight is 452 g/mol. The number of carbonyl (C=O) groups is 1. The van der Waals surface area contributed by atoms with E-state index >= 15 is 0 Å². The zero-order valence-electron chi connectivity index (χ0n) is 17.0. The summed E-state index contributed by atoms with van der Waals surface area (Å²) in [6, 6.07) is 10.1. The van der Waals surface area contributed by atoms with E-state index in [9.17, 15) is 25.0 Å². The number of hydrogen-bond donors (Lipinski definition) is 0. The monoisotopic (exact) mass is 452 g/mol. The van der Waals surface area contributed by atoms with Crippen LogP contribution in [-0.2, 0) is 6.54 Å². The lowest BCUT2D eigenvalue weighted by molar-refractivity contribution is -0.394. The zero-order valence-corrected chi connectivity index (χ0v) is 17.8. The number of rotatable bonds is 6. The van der Waals surface area contributed by atoms with Gasteiger partial charge in [0.1, 0.15) is 5.76 Å². The predicted molar refractivity (Wildman–Crippen MR) is 118 cm³/mol. The summed E-state index contributed by atoms with van der Waals surface area (Å²) >= 11 is 1.28. The minimum absolute atomic E-state index is 0.000173. The van der Waals surface area contributed by atoms with Gasteiger partial charge in [-0.25, -0.2) is 4.98 Å². The fourth-order valence-corrected chi connectivity index (χ4v) is 4.48. The van der Waals surface area contributed by atoms with Gasteiger partial charge >= 0.3 is 0 Å². The van der Waals surface area contributed by atoms with E-state index in [0.717, 1.165) is 39.5 Å². The van der Waals surface area contributed by atoms with E-state index in [0.29, 0.717) is 10.9 Å². The number of nitro groups is 2. The topological polar surface area (TPSA) is 133 Å². The largest absolute Gasteiger partial charge is 0.467 e. The number of nitro benzene ring substituents is 2. The van der Waals surface area contributed by atoms with E-state index in [2.05, 4.69) is 4.98 Å². The molecule has 0 radical (unpaired) electrons. The molecule has 0 aliphatic rings. The van der Waals surface area contributed by atoms with Gasteiger partial charge in [-0.2, -0.15) is 0 Å². The van der Waals surface area contributed by atoms with Crippen LogP contribution in [0.2, 0.25) is 0 Å². The second-order valence-corrected chi connectivity index (χ2v) is 8.16. The molecule has 11 heteroatoms. The molecule has 2 aromatic heterocycles. The van der Waals surface area contributed by atoms with Crippen LogP contribution in [0, 0.1) is 34.1 Å². The summed E-state index contributed by atoms with van der Waals surface area (Å²) in [6.07, 6.45) is 1.46. The van der Waals surface area contributed by atoms with Crippen LogP contribution in [0.1, 0.15) is 27.2 Å². The van der Waals surface area contributed by atoms with E-state index in [4.69, 9.17) is 4.42 Å². The number of benzene rings is 2. The third kappa shape index (κ3) is 4.05. The number of non-ortho nitro benzene ring substituents is 2. The van der Waals surface area contributed by atoms with Crippen molar-refractivity contribution in [2.24, 2.45) is 0 Å². The number of aromatic nitrogens is 1. The first-order valence-corrected chi connectivity index (χ1v) is 10.2. The van der Waals surface area contributed by atoms with Gasteiger partial charge in [0.25, 0.3) is 17.3 Å². The van der Waals surface area contributed by atoms with Crippen LogP contribution in [0.15, 0.2) is 53.1 Å². The van der Waals surface area contributed by atoms with Gasteiger partial charge in [-0.15, -0.1) is 0 Å². The number of amides is 1. The zero-order chi connectivity index (χ0) is 23.0. The van der Waals surface area contributed by atoms with Gasteiger partial charge < -0.3 is 4.42 Å². The molecule has 4 rings (SSSR count). The van der Waals surface area contributed by atoms with Crippen molar-refractivity contribution in [2.45, 2.75) is 20.4 Å². The summed E-state index contributed by atoms with van der Waals surface area (Å²) in [5.41, 5.74) is 1.44. The van der Waals surface area contributed by atoms with Gasteiger partial charge in [0.05, 0.1) is 44.5 Å². The molecular weight excluding hydrogens is 436 g/mol. The molecule has 2 heterocycles. The molecule has 10 nitrogen and oxygen atoms in total. The first kappa shape index (κ1) is 21.1. The molecule has 32 heavy (non-hydrogen) atoms. The van der Waals surface area contributed by atoms with Crippen LogP contribution < -0.4 is 4.90 Å². The lowest BCUT2D eigenvalue weighted by Crippen LogP contribution is -2.30. The number of anilines is 1. The third-order valence-electron chi connectivity index (χ3n) is 4.76. The van der Waals surface area contributed by atoms with Gasteiger partial charge in [-0.05, 0) is 43.2 Å². The Morgan fingerprint density at radius 2 is 1.78 bits per heavy atom. The molecule has 2 aromatic carbocycles. The van der Waals surface area contributed by atoms with Crippen LogP contribution in [0.5, 0.6) is 0 Å². The van der Waals surface area contributed by atoms with Crippen molar-refractivity contribution >= 4 is 44.0 Å². The molecular formula is C21H16N4O6S. The molecule has 0 atom stereocenters. The molecule has 0 bridgehead atoms. The summed E-state index contributed by atoms with van der Waals surface area (Å²) in [5, 5.41) is 22.9. The van der Waals surface area contributed by atoms with Gasteiger partial charge in [0, 0.05) is 12.1 Å². The number of hydrogen-bond acceptors (Lipinski definition) is 8. The van der Waals surface area contributed by atoms with Crippen molar-refractivity contribution in [3.05, 3.63) is 91.4 Å². The summed E-state index contributed by atoms with van der Waals surface area (Å²) in [6.45, 7) is 3.88. The number of nitrogens with zero attached hydrogens (tertiary/aromatic N) is 4. The minimum atomic E-state index is -0.773. The maximum atomic E-state index is 13.5. The molecule has 0 fully saturated rings. The van der Waals surface area contributed by atoms with Crippen molar-refractivity contribution in [2.75, 3.05) is 4.90 Å². The Hall–Kier alpha value is -4.12. The van der Waals surface area contributed by atoms with Crippen molar-refractivity contribution in [1.82, 2.24) is 4.98 Å². The molecule has 0 aliphatic heterocycles. The van der Waals surface area contributed by atoms with Crippen molar-refractivity contribution in [3.8, 4) is 0 Å². The molecule has 0 saturated heterocycles. The lowest BCUT2D eigenvalue weighted by atomic mass is 10.1. The van der Waals surface area contributed by atoms with Crippen molar-refractivity contribution in [3.63, 3.8) is 0 Å². The molecule has 162 valence electrons. The molecule has 0 saturated carbocycles. The Kier molecular flexibility index (Phi) is 5.41.